The molecule has 0 saturated carbocycles. The van der Waals surface area contributed by atoms with Gasteiger partial charge >= 0.3 is 0 Å². The van der Waals surface area contributed by atoms with E-state index in [1.54, 1.807) is 0 Å². The molecule has 2 heterocycles. The second-order valence-electron chi connectivity index (χ2n) is 6.14. The maximum atomic E-state index is 5.38. The fourth-order valence-electron chi connectivity index (χ4n) is 2.19. The maximum absolute atomic E-state index is 5.38. The number of aromatic nitrogens is 2. The first kappa shape index (κ1) is 12.6. The molecule has 4 heteroatoms. The lowest BCUT2D eigenvalue weighted by molar-refractivity contribution is 0.319. The van der Waals surface area contributed by atoms with Gasteiger partial charge in [-0.1, -0.05) is 38.8 Å². The second kappa shape index (κ2) is 5.17. The summed E-state index contributed by atoms with van der Waals surface area (Å²) in [6.45, 7) is 7.62. The summed E-state index contributed by atoms with van der Waals surface area (Å²) >= 11 is 0. The average molecular weight is 237 g/mol. The van der Waals surface area contributed by atoms with Gasteiger partial charge in [0.05, 0.1) is 6.04 Å². The SMILES string of the molecule is CC(C)(C)Cc1noc(C2CCCCCN2)n1. The van der Waals surface area contributed by atoms with Crippen LogP contribution in [0.3, 0.4) is 0 Å². The summed E-state index contributed by atoms with van der Waals surface area (Å²) in [5.74, 6) is 1.60. The molecule has 0 bridgehead atoms. The summed E-state index contributed by atoms with van der Waals surface area (Å²) < 4.78 is 5.38. The van der Waals surface area contributed by atoms with E-state index in [4.69, 9.17) is 4.52 Å². The van der Waals surface area contributed by atoms with Crippen molar-refractivity contribution in [3.8, 4) is 0 Å². The third-order valence-corrected chi connectivity index (χ3v) is 3.03. The minimum atomic E-state index is 0.206. The van der Waals surface area contributed by atoms with Crippen LogP contribution in [0.2, 0.25) is 0 Å². The summed E-state index contributed by atoms with van der Waals surface area (Å²) in [5.41, 5.74) is 0.206. The van der Waals surface area contributed by atoms with Crippen molar-refractivity contribution in [2.24, 2.45) is 5.41 Å². The number of hydrogen-bond donors (Lipinski definition) is 1. The van der Waals surface area contributed by atoms with Gasteiger partial charge in [-0.25, -0.2) is 0 Å². The molecule has 4 nitrogen and oxygen atoms in total. The highest BCUT2D eigenvalue weighted by molar-refractivity contribution is 4.95. The maximum Gasteiger partial charge on any atom is 0.243 e. The van der Waals surface area contributed by atoms with Gasteiger partial charge in [-0.2, -0.15) is 4.98 Å². The molecular weight excluding hydrogens is 214 g/mol. The van der Waals surface area contributed by atoms with Gasteiger partial charge in [0, 0.05) is 6.42 Å². The highest BCUT2D eigenvalue weighted by Crippen LogP contribution is 2.23. The van der Waals surface area contributed by atoms with Crippen LogP contribution in [0.25, 0.3) is 0 Å². The van der Waals surface area contributed by atoms with Crippen LogP contribution in [-0.4, -0.2) is 16.7 Å². The summed E-state index contributed by atoms with van der Waals surface area (Å²) in [7, 11) is 0. The van der Waals surface area contributed by atoms with Crippen molar-refractivity contribution in [1.29, 1.82) is 0 Å². The number of rotatable bonds is 2. The van der Waals surface area contributed by atoms with E-state index in [0.717, 1.165) is 31.1 Å². The molecule has 1 N–H and O–H groups in total. The van der Waals surface area contributed by atoms with Crippen molar-refractivity contribution in [3.63, 3.8) is 0 Å². The average Bonchev–Trinajstić information content (AvgIpc) is 2.52. The van der Waals surface area contributed by atoms with Crippen LogP contribution < -0.4 is 5.32 Å². The van der Waals surface area contributed by atoms with Gasteiger partial charge < -0.3 is 9.84 Å². The van der Waals surface area contributed by atoms with Crippen LogP contribution in [0.4, 0.5) is 0 Å². The lowest BCUT2D eigenvalue weighted by atomic mass is 9.92. The van der Waals surface area contributed by atoms with E-state index < -0.39 is 0 Å². The lowest BCUT2D eigenvalue weighted by Gasteiger charge is -2.14. The van der Waals surface area contributed by atoms with E-state index in [2.05, 4.69) is 36.2 Å². The summed E-state index contributed by atoms with van der Waals surface area (Å²) in [6, 6.07) is 0.263. The van der Waals surface area contributed by atoms with Gasteiger partial charge in [0.2, 0.25) is 5.89 Å². The van der Waals surface area contributed by atoms with Gasteiger partial charge in [-0.3, -0.25) is 0 Å². The Hall–Kier alpha value is -0.900. The Kier molecular flexibility index (Phi) is 3.82. The Balaban J connectivity index is 2.01. The van der Waals surface area contributed by atoms with Crippen molar-refractivity contribution in [1.82, 2.24) is 15.5 Å². The molecule has 1 aromatic heterocycles. The number of nitrogens with zero attached hydrogens (tertiary/aromatic N) is 2. The van der Waals surface area contributed by atoms with E-state index in [0.29, 0.717) is 0 Å². The topological polar surface area (TPSA) is 51.0 Å². The number of nitrogens with one attached hydrogen (secondary N) is 1. The fourth-order valence-corrected chi connectivity index (χ4v) is 2.19. The molecular formula is C13H23N3O. The van der Waals surface area contributed by atoms with Crippen molar-refractivity contribution in [3.05, 3.63) is 11.7 Å². The van der Waals surface area contributed by atoms with E-state index in [-0.39, 0.29) is 11.5 Å². The smallest absolute Gasteiger partial charge is 0.243 e. The third-order valence-electron chi connectivity index (χ3n) is 3.03. The summed E-state index contributed by atoms with van der Waals surface area (Å²) in [6.07, 6.45) is 5.76. The Labute approximate surface area is 103 Å². The highest BCUT2D eigenvalue weighted by Gasteiger charge is 2.22. The molecule has 1 aromatic rings. The Morgan fingerprint density at radius 1 is 1.29 bits per heavy atom. The molecule has 1 fully saturated rings. The first-order valence-electron chi connectivity index (χ1n) is 6.60. The van der Waals surface area contributed by atoms with E-state index >= 15 is 0 Å². The molecule has 1 aliphatic heterocycles. The van der Waals surface area contributed by atoms with E-state index in [9.17, 15) is 0 Å². The molecule has 0 aromatic carbocycles. The zero-order valence-electron chi connectivity index (χ0n) is 11.1. The molecule has 0 radical (unpaired) electrons. The normalized spacial score (nSPS) is 22.4. The zero-order valence-corrected chi connectivity index (χ0v) is 11.1. The molecule has 1 aliphatic rings. The number of hydrogen-bond acceptors (Lipinski definition) is 4. The van der Waals surface area contributed by atoms with E-state index in [1.807, 2.05) is 0 Å². The minimum absolute atomic E-state index is 0.206. The van der Waals surface area contributed by atoms with Crippen LogP contribution >= 0.6 is 0 Å². The molecule has 1 unspecified atom stereocenters. The Morgan fingerprint density at radius 3 is 2.88 bits per heavy atom. The fraction of sp³-hybridized carbons (Fsp3) is 0.846. The lowest BCUT2D eigenvalue weighted by Crippen LogP contribution is -2.20. The first-order chi connectivity index (χ1) is 8.04. The molecule has 0 aliphatic carbocycles. The van der Waals surface area contributed by atoms with Crippen LogP contribution in [0.1, 0.15) is 64.2 Å². The second-order valence-corrected chi connectivity index (χ2v) is 6.14. The largest absolute Gasteiger partial charge is 0.338 e. The van der Waals surface area contributed by atoms with Crippen LogP contribution in [0, 0.1) is 5.41 Å². The summed E-state index contributed by atoms with van der Waals surface area (Å²) in [5, 5.41) is 7.56. The zero-order chi connectivity index (χ0) is 12.3. The molecule has 1 saturated heterocycles. The molecule has 17 heavy (non-hydrogen) atoms. The quantitative estimate of drug-likeness (QED) is 0.859. The summed E-state index contributed by atoms with van der Waals surface area (Å²) in [4.78, 5) is 4.52. The van der Waals surface area contributed by atoms with Gasteiger partial charge in [0.1, 0.15) is 0 Å². The van der Waals surface area contributed by atoms with Crippen LogP contribution in [-0.2, 0) is 6.42 Å². The van der Waals surface area contributed by atoms with Gasteiger partial charge in [-0.05, 0) is 24.8 Å². The highest BCUT2D eigenvalue weighted by atomic mass is 16.5. The van der Waals surface area contributed by atoms with Gasteiger partial charge in [0.15, 0.2) is 5.82 Å². The van der Waals surface area contributed by atoms with Gasteiger partial charge in [0.25, 0.3) is 0 Å². The molecule has 0 amide bonds. The third kappa shape index (κ3) is 3.80. The predicted octanol–water partition coefficient (Wildman–Crippen LogP) is 2.86. The first-order valence-corrected chi connectivity index (χ1v) is 6.60. The minimum Gasteiger partial charge on any atom is -0.338 e. The Morgan fingerprint density at radius 2 is 2.12 bits per heavy atom. The molecule has 0 spiro atoms. The van der Waals surface area contributed by atoms with Gasteiger partial charge in [-0.15, -0.1) is 0 Å². The Bertz CT molecular complexity index is 346. The van der Waals surface area contributed by atoms with Crippen molar-refractivity contribution in [2.75, 3.05) is 6.54 Å². The molecule has 96 valence electrons. The molecule has 1 atom stereocenters. The van der Waals surface area contributed by atoms with Crippen molar-refractivity contribution in [2.45, 2.75) is 58.9 Å². The monoisotopic (exact) mass is 237 g/mol. The standard InChI is InChI=1S/C13H23N3O/c1-13(2,3)9-11-15-12(17-16-11)10-7-5-4-6-8-14-10/h10,14H,4-9H2,1-3H3. The predicted molar refractivity (Wildman–Crippen MR) is 66.7 cm³/mol. The van der Waals surface area contributed by atoms with Crippen LogP contribution in [0.15, 0.2) is 4.52 Å². The van der Waals surface area contributed by atoms with Crippen molar-refractivity contribution >= 4 is 0 Å². The van der Waals surface area contributed by atoms with E-state index in [1.165, 1.54) is 19.3 Å². The van der Waals surface area contributed by atoms with Crippen LogP contribution in [0.5, 0.6) is 0 Å². The molecule has 2 rings (SSSR count). The van der Waals surface area contributed by atoms with Crippen molar-refractivity contribution < 1.29 is 4.52 Å².